The van der Waals surface area contributed by atoms with Crippen LogP contribution in [0.2, 0.25) is 0 Å². The molecule has 1 atom stereocenters. The summed E-state index contributed by atoms with van der Waals surface area (Å²) in [6.45, 7) is 2.09. The first kappa shape index (κ1) is 8.18. The molecule has 2 nitrogen and oxygen atoms in total. The zero-order valence-corrected chi connectivity index (χ0v) is 6.76. The molecule has 0 aliphatic heterocycles. The van der Waals surface area contributed by atoms with Crippen molar-refractivity contribution >= 4 is 12.0 Å². The van der Waals surface area contributed by atoms with E-state index >= 15 is 0 Å². The lowest BCUT2D eigenvalue weighted by Gasteiger charge is -2.16. The average molecular weight is 151 g/mol. The van der Waals surface area contributed by atoms with Crippen LogP contribution >= 0.6 is 0 Å². The molecule has 0 fully saturated rings. The molecule has 0 saturated carbocycles. The van der Waals surface area contributed by atoms with Crippen LogP contribution in [-0.4, -0.2) is 12.0 Å². The van der Waals surface area contributed by atoms with Crippen molar-refractivity contribution in [2.75, 3.05) is 0 Å². The van der Waals surface area contributed by atoms with Gasteiger partial charge in [0.25, 0.3) is 0 Å². The molecule has 1 aliphatic rings. The molecule has 60 valence electrons. The predicted molar refractivity (Wildman–Crippen MR) is 44.9 cm³/mol. The van der Waals surface area contributed by atoms with Gasteiger partial charge in [-0.3, -0.25) is 4.79 Å². The monoisotopic (exact) mass is 151 g/mol. The van der Waals surface area contributed by atoms with Crippen molar-refractivity contribution in [3.63, 3.8) is 0 Å². The fourth-order valence-corrected chi connectivity index (χ4v) is 1.34. The molecule has 11 heavy (non-hydrogen) atoms. The van der Waals surface area contributed by atoms with Gasteiger partial charge in [0, 0.05) is 5.92 Å². The van der Waals surface area contributed by atoms with Gasteiger partial charge in [0.05, 0.1) is 6.21 Å². The first-order valence-electron chi connectivity index (χ1n) is 3.94. The lowest BCUT2D eigenvalue weighted by molar-refractivity contribution is -0.116. The van der Waals surface area contributed by atoms with Gasteiger partial charge in [0.2, 0.25) is 0 Å². The Morgan fingerprint density at radius 1 is 1.82 bits per heavy atom. The summed E-state index contributed by atoms with van der Waals surface area (Å²) in [5.74, 6) is 0.0740. The Balaban J connectivity index is 2.53. The maximum absolute atomic E-state index is 11.0. The molecule has 0 amide bonds. The topological polar surface area (TPSA) is 40.9 Å². The third-order valence-corrected chi connectivity index (χ3v) is 2.18. The van der Waals surface area contributed by atoms with Crippen molar-refractivity contribution in [1.29, 1.82) is 5.41 Å². The third-order valence-electron chi connectivity index (χ3n) is 2.18. The van der Waals surface area contributed by atoms with E-state index in [2.05, 4.69) is 13.0 Å². The van der Waals surface area contributed by atoms with Gasteiger partial charge in [-0.1, -0.05) is 11.6 Å². The number of nitrogens with one attached hydrogen (secondary N) is 1. The Morgan fingerprint density at radius 3 is 3.00 bits per heavy atom. The molecular weight excluding hydrogens is 138 g/mol. The normalized spacial score (nSPS) is 24.1. The molecule has 1 unspecified atom stereocenters. The molecule has 1 rings (SSSR count). The highest BCUT2D eigenvalue weighted by Gasteiger charge is 2.17. The van der Waals surface area contributed by atoms with Crippen LogP contribution in [-0.2, 0) is 4.79 Å². The minimum absolute atomic E-state index is 0.0197. The molecular formula is C9H13NO. The predicted octanol–water partition coefficient (Wildman–Crippen LogP) is 1.95. The van der Waals surface area contributed by atoms with Gasteiger partial charge >= 0.3 is 0 Å². The van der Waals surface area contributed by atoms with E-state index in [0.29, 0.717) is 0 Å². The van der Waals surface area contributed by atoms with Crippen LogP contribution in [0.5, 0.6) is 0 Å². The van der Waals surface area contributed by atoms with Crippen LogP contribution in [0.25, 0.3) is 0 Å². The van der Waals surface area contributed by atoms with Crippen LogP contribution in [0.4, 0.5) is 0 Å². The van der Waals surface area contributed by atoms with E-state index in [0.717, 1.165) is 25.5 Å². The Morgan fingerprint density at radius 2 is 2.55 bits per heavy atom. The van der Waals surface area contributed by atoms with Crippen molar-refractivity contribution in [2.24, 2.45) is 5.92 Å². The molecule has 0 aromatic carbocycles. The SMILES string of the molecule is CC1=CCC(C(=O)C=N)CC1. The van der Waals surface area contributed by atoms with E-state index in [4.69, 9.17) is 5.41 Å². The summed E-state index contributed by atoms with van der Waals surface area (Å²) in [4.78, 5) is 11.0. The highest BCUT2D eigenvalue weighted by atomic mass is 16.1. The Bertz CT molecular complexity index is 206. The summed E-state index contributed by atoms with van der Waals surface area (Å²) in [5.41, 5.74) is 1.37. The van der Waals surface area contributed by atoms with Gasteiger partial charge < -0.3 is 5.41 Å². The molecule has 2 heteroatoms. The second-order valence-electron chi connectivity index (χ2n) is 3.07. The summed E-state index contributed by atoms with van der Waals surface area (Å²) in [5, 5.41) is 6.80. The number of hydrogen-bond acceptors (Lipinski definition) is 2. The summed E-state index contributed by atoms with van der Waals surface area (Å²) >= 11 is 0. The van der Waals surface area contributed by atoms with Gasteiger partial charge in [-0.05, 0) is 26.2 Å². The molecule has 0 heterocycles. The number of rotatable bonds is 2. The summed E-state index contributed by atoms with van der Waals surface area (Å²) < 4.78 is 0. The number of carbonyl (C=O) groups is 1. The summed E-state index contributed by atoms with van der Waals surface area (Å²) in [6.07, 6.45) is 5.83. The van der Waals surface area contributed by atoms with E-state index in [1.54, 1.807) is 0 Å². The van der Waals surface area contributed by atoms with Crippen LogP contribution in [0, 0.1) is 11.3 Å². The van der Waals surface area contributed by atoms with Crippen LogP contribution in [0.15, 0.2) is 11.6 Å². The van der Waals surface area contributed by atoms with E-state index in [9.17, 15) is 4.79 Å². The van der Waals surface area contributed by atoms with Crippen LogP contribution in [0.1, 0.15) is 26.2 Å². The lowest BCUT2D eigenvalue weighted by Crippen LogP contribution is -2.17. The minimum Gasteiger partial charge on any atom is -0.305 e. The second kappa shape index (κ2) is 3.46. The molecule has 0 spiro atoms. The fraction of sp³-hybridized carbons (Fsp3) is 0.556. The molecule has 1 N–H and O–H groups in total. The van der Waals surface area contributed by atoms with Gasteiger partial charge in [0.1, 0.15) is 0 Å². The number of allylic oxidation sites excluding steroid dienone is 2. The molecule has 0 radical (unpaired) electrons. The van der Waals surface area contributed by atoms with E-state index in [1.165, 1.54) is 5.57 Å². The van der Waals surface area contributed by atoms with Crippen molar-refractivity contribution in [3.05, 3.63) is 11.6 Å². The van der Waals surface area contributed by atoms with E-state index in [-0.39, 0.29) is 11.7 Å². The van der Waals surface area contributed by atoms with Crippen molar-refractivity contribution in [3.8, 4) is 0 Å². The second-order valence-corrected chi connectivity index (χ2v) is 3.07. The zero-order valence-electron chi connectivity index (χ0n) is 6.76. The number of Topliss-reactive ketones (excluding diaryl/α,β-unsaturated/α-hetero) is 1. The van der Waals surface area contributed by atoms with E-state index in [1.807, 2.05) is 0 Å². The number of hydrogen-bond donors (Lipinski definition) is 1. The zero-order chi connectivity index (χ0) is 8.27. The number of carbonyl (C=O) groups excluding carboxylic acids is 1. The number of ketones is 1. The summed E-state index contributed by atoms with van der Waals surface area (Å²) in [7, 11) is 0. The maximum Gasteiger partial charge on any atom is 0.176 e. The van der Waals surface area contributed by atoms with Gasteiger partial charge in [-0.2, -0.15) is 0 Å². The van der Waals surface area contributed by atoms with Gasteiger partial charge in [-0.25, -0.2) is 0 Å². The fourth-order valence-electron chi connectivity index (χ4n) is 1.34. The lowest BCUT2D eigenvalue weighted by atomic mass is 9.88. The largest absolute Gasteiger partial charge is 0.305 e. The van der Waals surface area contributed by atoms with Crippen LogP contribution < -0.4 is 0 Å². The van der Waals surface area contributed by atoms with Crippen molar-refractivity contribution in [1.82, 2.24) is 0 Å². The Labute approximate surface area is 66.8 Å². The molecule has 0 aromatic rings. The van der Waals surface area contributed by atoms with Crippen LogP contribution in [0.3, 0.4) is 0 Å². The maximum atomic E-state index is 11.0. The highest BCUT2D eigenvalue weighted by Crippen LogP contribution is 2.22. The standard InChI is InChI=1S/C9H13NO/c1-7-2-4-8(5-3-7)9(11)6-10/h2,6,8,10H,3-5H2,1H3. The quantitative estimate of drug-likeness (QED) is 0.475. The molecule has 1 aliphatic carbocycles. The third kappa shape index (κ3) is 2.00. The summed E-state index contributed by atoms with van der Waals surface area (Å²) in [6, 6.07) is 0. The highest BCUT2D eigenvalue weighted by molar-refractivity contribution is 6.27. The Kier molecular flexibility index (Phi) is 2.58. The van der Waals surface area contributed by atoms with Crippen molar-refractivity contribution in [2.45, 2.75) is 26.2 Å². The van der Waals surface area contributed by atoms with Gasteiger partial charge in [0.15, 0.2) is 5.78 Å². The minimum atomic E-state index is -0.0197. The first-order valence-corrected chi connectivity index (χ1v) is 3.94. The van der Waals surface area contributed by atoms with E-state index < -0.39 is 0 Å². The average Bonchev–Trinajstić information content (AvgIpc) is 2.05. The van der Waals surface area contributed by atoms with Gasteiger partial charge in [-0.15, -0.1) is 0 Å². The molecule has 0 bridgehead atoms. The Hall–Kier alpha value is -0.920. The first-order chi connectivity index (χ1) is 5.24. The van der Waals surface area contributed by atoms with Crippen molar-refractivity contribution < 1.29 is 4.79 Å². The smallest absolute Gasteiger partial charge is 0.176 e. The molecule has 0 saturated heterocycles. The molecule has 0 aromatic heterocycles.